The van der Waals surface area contributed by atoms with Crippen molar-refractivity contribution >= 4 is 11.6 Å². The molecule has 0 radical (unpaired) electrons. The third-order valence-corrected chi connectivity index (χ3v) is 3.00. The lowest BCUT2D eigenvalue weighted by Gasteiger charge is -2.16. The number of nitrogens with one attached hydrogen (secondary N) is 1. The summed E-state index contributed by atoms with van der Waals surface area (Å²) < 4.78 is 10.3. The summed E-state index contributed by atoms with van der Waals surface area (Å²) in [5.41, 5.74) is 0.807. The molecule has 0 spiro atoms. The summed E-state index contributed by atoms with van der Waals surface area (Å²) in [5.74, 6) is 1.04. The fraction of sp³-hybridized carbons (Fsp3) is 0.500. The SMILES string of the molecule is COc1ccc(CNC(CO)CO)c(Cl)c1OC. The minimum absolute atomic E-state index is 0.137. The van der Waals surface area contributed by atoms with Gasteiger partial charge in [0, 0.05) is 6.54 Å². The van der Waals surface area contributed by atoms with Crippen LogP contribution in [-0.4, -0.2) is 43.7 Å². The highest BCUT2D eigenvalue weighted by molar-refractivity contribution is 6.33. The minimum Gasteiger partial charge on any atom is -0.493 e. The van der Waals surface area contributed by atoms with Crippen LogP contribution in [0.4, 0.5) is 0 Å². The Morgan fingerprint density at radius 2 is 1.89 bits per heavy atom. The molecule has 0 unspecified atom stereocenters. The van der Waals surface area contributed by atoms with Crippen LogP contribution in [0.3, 0.4) is 0 Å². The van der Waals surface area contributed by atoms with Crippen LogP contribution < -0.4 is 14.8 Å². The quantitative estimate of drug-likeness (QED) is 0.687. The van der Waals surface area contributed by atoms with Crippen LogP contribution in [-0.2, 0) is 6.54 Å². The number of ether oxygens (including phenoxy) is 2. The Morgan fingerprint density at radius 3 is 2.39 bits per heavy atom. The van der Waals surface area contributed by atoms with E-state index in [0.717, 1.165) is 5.56 Å². The highest BCUT2D eigenvalue weighted by Gasteiger charge is 2.14. The van der Waals surface area contributed by atoms with E-state index in [-0.39, 0.29) is 19.3 Å². The van der Waals surface area contributed by atoms with Crippen molar-refractivity contribution in [3.8, 4) is 11.5 Å². The second kappa shape index (κ2) is 7.43. The molecule has 5 nitrogen and oxygen atoms in total. The molecular weight excluding hydrogens is 258 g/mol. The molecule has 102 valence electrons. The van der Waals surface area contributed by atoms with Crippen molar-refractivity contribution in [2.75, 3.05) is 27.4 Å². The van der Waals surface area contributed by atoms with Crippen LogP contribution in [0.15, 0.2) is 12.1 Å². The molecule has 0 amide bonds. The first-order valence-corrected chi connectivity index (χ1v) is 5.90. The van der Waals surface area contributed by atoms with Crippen LogP contribution in [0.2, 0.25) is 5.02 Å². The lowest BCUT2D eigenvalue weighted by Crippen LogP contribution is -2.35. The van der Waals surface area contributed by atoms with Gasteiger partial charge in [-0.1, -0.05) is 17.7 Å². The Hall–Kier alpha value is -1.01. The van der Waals surface area contributed by atoms with Crippen LogP contribution in [0.1, 0.15) is 5.56 Å². The summed E-state index contributed by atoms with van der Waals surface area (Å²) in [6.45, 7) is 0.147. The number of benzene rings is 1. The van der Waals surface area contributed by atoms with Crippen molar-refractivity contribution in [3.05, 3.63) is 22.7 Å². The Kier molecular flexibility index (Phi) is 6.21. The van der Waals surface area contributed by atoms with Crippen molar-refractivity contribution in [1.29, 1.82) is 0 Å². The smallest absolute Gasteiger partial charge is 0.179 e. The molecule has 1 rings (SSSR count). The predicted molar refractivity (Wildman–Crippen MR) is 69.4 cm³/mol. The first-order chi connectivity index (χ1) is 8.67. The van der Waals surface area contributed by atoms with Gasteiger partial charge >= 0.3 is 0 Å². The first-order valence-electron chi connectivity index (χ1n) is 5.52. The third kappa shape index (κ3) is 3.49. The molecule has 0 aromatic heterocycles. The van der Waals surface area contributed by atoms with Crippen molar-refractivity contribution in [3.63, 3.8) is 0 Å². The highest BCUT2D eigenvalue weighted by atomic mass is 35.5. The molecule has 0 aliphatic heterocycles. The average molecular weight is 276 g/mol. The Morgan fingerprint density at radius 1 is 1.22 bits per heavy atom. The molecule has 0 fully saturated rings. The normalized spacial score (nSPS) is 10.8. The molecule has 0 bridgehead atoms. The molecule has 1 aromatic carbocycles. The van der Waals surface area contributed by atoms with Crippen LogP contribution >= 0.6 is 11.6 Å². The van der Waals surface area contributed by atoms with Gasteiger partial charge in [0.05, 0.1) is 38.5 Å². The van der Waals surface area contributed by atoms with Crippen LogP contribution in [0.25, 0.3) is 0 Å². The summed E-state index contributed by atoms with van der Waals surface area (Å²) in [7, 11) is 3.06. The van der Waals surface area contributed by atoms with E-state index in [0.29, 0.717) is 23.1 Å². The van der Waals surface area contributed by atoms with E-state index in [4.69, 9.17) is 31.3 Å². The van der Waals surface area contributed by atoms with E-state index in [9.17, 15) is 0 Å². The van der Waals surface area contributed by atoms with E-state index >= 15 is 0 Å². The summed E-state index contributed by atoms with van der Waals surface area (Å²) in [6, 6.07) is 3.20. The average Bonchev–Trinajstić information content (AvgIpc) is 2.40. The zero-order valence-electron chi connectivity index (χ0n) is 10.4. The molecule has 6 heteroatoms. The number of hydrogen-bond donors (Lipinski definition) is 3. The second-order valence-electron chi connectivity index (χ2n) is 3.72. The van der Waals surface area contributed by atoms with E-state index in [1.54, 1.807) is 13.2 Å². The molecule has 18 heavy (non-hydrogen) atoms. The summed E-state index contributed by atoms with van der Waals surface area (Å²) >= 11 is 6.19. The van der Waals surface area contributed by atoms with Gasteiger partial charge in [0.2, 0.25) is 0 Å². The predicted octanol–water partition coefficient (Wildman–Crippen LogP) is 0.800. The second-order valence-corrected chi connectivity index (χ2v) is 4.10. The summed E-state index contributed by atoms with van der Waals surface area (Å²) in [4.78, 5) is 0. The van der Waals surface area contributed by atoms with Gasteiger partial charge in [-0.2, -0.15) is 0 Å². The van der Waals surface area contributed by atoms with Crippen molar-refractivity contribution in [2.45, 2.75) is 12.6 Å². The maximum Gasteiger partial charge on any atom is 0.179 e. The van der Waals surface area contributed by atoms with Crippen LogP contribution in [0.5, 0.6) is 11.5 Å². The van der Waals surface area contributed by atoms with Gasteiger partial charge in [0.25, 0.3) is 0 Å². The van der Waals surface area contributed by atoms with Gasteiger partial charge < -0.3 is 25.0 Å². The standard InChI is InChI=1S/C12H18ClNO4/c1-17-10-4-3-8(11(13)12(10)18-2)5-14-9(6-15)7-16/h3-4,9,14-16H,5-7H2,1-2H3. The first kappa shape index (κ1) is 15.0. The van der Waals surface area contributed by atoms with E-state index in [1.807, 2.05) is 6.07 Å². The molecule has 0 saturated heterocycles. The summed E-state index contributed by atoms with van der Waals surface area (Å²) in [6.07, 6.45) is 0. The van der Waals surface area contributed by atoms with Gasteiger partial charge in [-0.15, -0.1) is 0 Å². The van der Waals surface area contributed by atoms with Gasteiger partial charge in [0.15, 0.2) is 11.5 Å². The fourth-order valence-electron chi connectivity index (χ4n) is 1.51. The lowest BCUT2D eigenvalue weighted by atomic mass is 10.2. The zero-order valence-corrected chi connectivity index (χ0v) is 11.2. The molecule has 0 heterocycles. The van der Waals surface area contributed by atoms with E-state index < -0.39 is 0 Å². The number of halogens is 1. The summed E-state index contributed by atoms with van der Waals surface area (Å²) in [5, 5.41) is 21.4. The number of aliphatic hydroxyl groups excluding tert-OH is 2. The molecular formula is C12H18ClNO4. The van der Waals surface area contributed by atoms with E-state index in [2.05, 4.69) is 5.32 Å². The minimum atomic E-state index is -0.367. The number of hydrogen-bond acceptors (Lipinski definition) is 5. The molecule has 1 aromatic rings. The monoisotopic (exact) mass is 275 g/mol. The van der Waals surface area contributed by atoms with E-state index in [1.165, 1.54) is 7.11 Å². The zero-order chi connectivity index (χ0) is 13.5. The maximum atomic E-state index is 8.96. The highest BCUT2D eigenvalue weighted by Crippen LogP contribution is 2.37. The Bertz CT molecular complexity index is 383. The number of aliphatic hydroxyl groups is 2. The van der Waals surface area contributed by atoms with Gasteiger partial charge in [-0.25, -0.2) is 0 Å². The molecule has 0 saturated carbocycles. The fourth-order valence-corrected chi connectivity index (χ4v) is 1.81. The molecule has 0 atom stereocenters. The topological polar surface area (TPSA) is 71.0 Å². The molecule has 0 aliphatic carbocycles. The van der Waals surface area contributed by atoms with Crippen LogP contribution in [0, 0.1) is 0 Å². The van der Waals surface area contributed by atoms with Crippen molar-refractivity contribution in [2.24, 2.45) is 0 Å². The maximum absolute atomic E-state index is 8.96. The third-order valence-electron chi connectivity index (χ3n) is 2.59. The number of methoxy groups -OCH3 is 2. The molecule has 0 aliphatic rings. The Balaban J connectivity index is 2.84. The van der Waals surface area contributed by atoms with Gasteiger partial charge in [-0.05, 0) is 11.6 Å². The van der Waals surface area contributed by atoms with Crippen molar-refractivity contribution < 1.29 is 19.7 Å². The molecule has 3 N–H and O–H groups in total. The van der Waals surface area contributed by atoms with Crippen molar-refractivity contribution in [1.82, 2.24) is 5.32 Å². The van der Waals surface area contributed by atoms with Gasteiger partial charge in [-0.3, -0.25) is 0 Å². The number of rotatable bonds is 7. The lowest BCUT2D eigenvalue weighted by molar-refractivity contribution is 0.170. The Labute approximate surface area is 111 Å². The van der Waals surface area contributed by atoms with Gasteiger partial charge in [0.1, 0.15) is 0 Å². The largest absolute Gasteiger partial charge is 0.493 e.